The number of aliphatic carboxylic acids is 1. The van der Waals surface area contributed by atoms with Crippen LogP contribution in [0.4, 0.5) is 0 Å². The zero-order chi connectivity index (χ0) is 11.7. The number of nitrogens with zero attached hydrogens (tertiary/aromatic N) is 1. The van der Waals surface area contributed by atoms with Crippen LogP contribution < -0.4 is 5.32 Å². The third-order valence-electron chi connectivity index (χ3n) is 2.72. The Bertz CT molecular complexity index is 445. The number of amides is 1. The van der Waals surface area contributed by atoms with Crippen LogP contribution in [0.2, 0.25) is 0 Å². The van der Waals surface area contributed by atoms with E-state index in [0.717, 1.165) is 11.3 Å². The van der Waals surface area contributed by atoms with Crippen molar-refractivity contribution in [3.05, 3.63) is 29.6 Å². The molecule has 1 aliphatic rings. The molecule has 0 unspecified atom stereocenters. The van der Waals surface area contributed by atoms with Crippen molar-refractivity contribution in [1.29, 1.82) is 0 Å². The number of carboxylic acid groups (broad SMARTS) is 1. The number of carboxylic acids is 1. The Kier molecular flexibility index (Phi) is 2.60. The molecular formula is C11H12N2O3. The first-order valence-electron chi connectivity index (χ1n) is 5.02. The molecular weight excluding hydrogens is 208 g/mol. The lowest BCUT2D eigenvalue weighted by atomic mass is 9.85. The SMILES string of the molecule is Cc1cc(C[C@H]2C(=O)N[C@@H]2C(=O)O)ccn1. The standard InChI is InChI=1S/C11H12N2O3/c1-6-4-7(2-3-12-6)5-8-9(11(15)16)13-10(8)14/h2-4,8-9H,5H2,1H3,(H,13,14)(H,15,16)/t8-,9+/m1/s1. The maximum Gasteiger partial charge on any atom is 0.327 e. The topological polar surface area (TPSA) is 79.3 Å². The minimum atomic E-state index is -0.977. The third kappa shape index (κ3) is 1.88. The summed E-state index contributed by atoms with van der Waals surface area (Å²) in [5.41, 5.74) is 1.81. The molecule has 0 bridgehead atoms. The van der Waals surface area contributed by atoms with Crippen molar-refractivity contribution in [3.8, 4) is 0 Å². The third-order valence-corrected chi connectivity index (χ3v) is 2.72. The molecule has 2 rings (SSSR count). The number of aryl methyl sites for hydroxylation is 1. The lowest BCUT2D eigenvalue weighted by Crippen LogP contribution is -2.62. The summed E-state index contributed by atoms with van der Waals surface area (Å²) in [7, 11) is 0. The Balaban J connectivity index is 2.09. The van der Waals surface area contributed by atoms with E-state index in [-0.39, 0.29) is 5.91 Å². The van der Waals surface area contributed by atoms with Gasteiger partial charge in [0.2, 0.25) is 5.91 Å². The van der Waals surface area contributed by atoms with Crippen LogP contribution in [-0.4, -0.2) is 28.0 Å². The van der Waals surface area contributed by atoms with Gasteiger partial charge >= 0.3 is 5.97 Å². The molecule has 16 heavy (non-hydrogen) atoms. The van der Waals surface area contributed by atoms with Gasteiger partial charge in [0.25, 0.3) is 0 Å². The molecule has 5 heteroatoms. The number of rotatable bonds is 3. The van der Waals surface area contributed by atoms with Gasteiger partial charge in [-0.2, -0.15) is 0 Å². The van der Waals surface area contributed by atoms with E-state index in [1.54, 1.807) is 12.3 Å². The summed E-state index contributed by atoms with van der Waals surface area (Å²) in [5, 5.41) is 11.2. The number of β-lactam (4-membered cyclic amide) rings is 1. The van der Waals surface area contributed by atoms with Gasteiger partial charge in [-0.05, 0) is 31.0 Å². The van der Waals surface area contributed by atoms with Crippen molar-refractivity contribution >= 4 is 11.9 Å². The first kappa shape index (κ1) is 10.6. The largest absolute Gasteiger partial charge is 0.480 e. The molecule has 1 amide bonds. The van der Waals surface area contributed by atoms with Crippen molar-refractivity contribution in [3.63, 3.8) is 0 Å². The summed E-state index contributed by atoms with van der Waals surface area (Å²) < 4.78 is 0. The molecule has 0 aliphatic carbocycles. The van der Waals surface area contributed by atoms with E-state index in [0.29, 0.717) is 6.42 Å². The van der Waals surface area contributed by atoms with Crippen LogP contribution in [-0.2, 0) is 16.0 Å². The Labute approximate surface area is 92.5 Å². The van der Waals surface area contributed by atoms with E-state index in [1.165, 1.54) is 0 Å². The Morgan fingerprint density at radius 1 is 1.62 bits per heavy atom. The number of pyridine rings is 1. The van der Waals surface area contributed by atoms with E-state index in [1.807, 2.05) is 13.0 Å². The number of carbonyl (C=O) groups is 2. The van der Waals surface area contributed by atoms with Gasteiger partial charge in [0.05, 0.1) is 5.92 Å². The average Bonchev–Trinajstić information content (AvgIpc) is 2.22. The second-order valence-corrected chi connectivity index (χ2v) is 3.94. The molecule has 2 atom stereocenters. The molecule has 0 saturated carbocycles. The van der Waals surface area contributed by atoms with Crippen molar-refractivity contribution in [2.24, 2.45) is 5.92 Å². The van der Waals surface area contributed by atoms with Crippen LogP contribution in [0.3, 0.4) is 0 Å². The highest BCUT2D eigenvalue weighted by molar-refractivity contribution is 5.96. The van der Waals surface area contributed by atoms with Crippen molar-refractivity contribution < 1.29 is 14.7 Å². The first-order chi connectivity index (χ1) is 7.58. The van der Waals surface area contributed by atoms with Crippen LogP contribution in [0, 0.1) is 12.8 Å². The van der Waals surface area contributed by atoms with E-state index in [9.17, 15) is 9.59 Å². The van der Waals surface area contributed by atoms with Crippen molar-refractivity contribution in [2.75, 3.05) is 0 Å². The van der Waals surface area contributed by atoms with Gasteiger partial charge in [0.1, 0.15) is 6.04 Å². The van der Waals surface area contributed by atoms with Gasteiger partial charge in [-0.3, -0.25) is 9.78 Å². The Morgan fingerprint density at radius 3 is 2.94 bits per heavy atom. The Morgan fingerprint density at radius 2 is 2.38 bits per heavy atom. The zero-order valence-corrected chi connectivity index (χ0v) is 8.80. The molecule has 2 N–H and O–H groups in total. The quantitative estimate of drug-likeness (QED) is 0.710. The lowest BCUT2D eigenvalue weighted by molar-refractivity contribution is -0.153. The van der Waals surface area contributed by atoms with Gasteiger partial charge in [-0.15, -0.1) is 0 Å². The first-order valence-corrected chi connectivity index (χ1v) is 5.02. The molecule has 1 fully saturated rings. The highest BCUT2D eigenvalue weighted by Gasteiger charge is 2.43. The molecule has 1 aromatic heterocycles. The lowest BCUT2D eigenvalue weighted by Gasteiger charge is -2.33. The van der Waals surface area contributed by atoms with Gasteiger partial charge in [-0.1, -0.05) is 0 Å². The van der Waals surface area contributed by atoms with Crippen molar-refractivity contribution in [2.45, 2.75) is 19.4 Å². The minimum Gasteiger partial charge on any atom is -0.480 e. The van der Waals surface area contributed by atoms with Crippen LogP contribution in [0.5, 0.6) is 0 Å². The summed E-state index contributed by atoms with van der Waals surface area (Å²) >= 11 is 0. The zero-order valence-electron chi connectivity index (χ0n) is 8.80. The van der Waals surface area contributed by atoms with E-state index >= 15 is 0 Å². The fourth-order valence-corrected chi connectivity index (χ4v) is 1.85. The number of nitrogens with one attached hydrogen (secondary N) is 1. The molecule has 1 saturated heterocycles. The molecule has 1 aromatic rings. The highest BCUT2D eigenvalue weighted by atomic mass is 16.4. The summed E-state index contributed by atoms with van der Waals surface area (Å²) in [6.45, 7) is 1.86. The Hall–Kier alpha value is -1.91. The monoisotopic (exact) mass is 220 g/mol. The summed E-state index contributed by atoms with van der Waals surface area (Å²) in [4.78, 5) is 26.1. The summed E-state index contributed by atoms with van der Waals surface area (Å²) in [6, 6.07) is 2.92. The summed E-state index contributed by atoms with van der Waals surface area (Å²) in [6.07, 6.45) is 2.11. The fraction of sp³-hybridized carbons (Fsp3) is 0.364. The van der Waals surface area contributed by atoms with Gasteiger partial charge < -0.3 is 10.4 Å². The maximum absolute atomic E-state index is 11.2. The van der Waals surface area contributed by atoms with Gasteiger partial charge in [-0.25, -0.2) is 4.79 Å². The number of aromatic nitrogens is 1. The van der Waals surface area contributed by atoms with Crippen molar-refractivity contribution in [1.82, 2.24) is 10.3 Å². The molecule has 1 aliphatic heterocycles. The van der Waals surface area contributed by atoms with Crippen LogP contribution in [0.25, 0.3) is 0 Å². The normalized spacial score (nSPS) is 23.4. The molecule has 0 radical (unpaired) electrons. The van der Waals surface area contributed by atoms with E-state index < -0.39 is 17.9 Å². The van der Waals surface area contributed by atoms with Crippen LogP contribution in [0.15, 0.2) is 18.3 Å². The second-order valence-electron chi connectivity index (χ2n) is 3.94. The highest BCUT2D eigenvalue weighted by Crippen LogP contribution is 2.20. The molecule has 5 nitrogen and oxygen atoms in total. The molecule has 84 valence electrons. The average molecular weight is 220 g/mol. The smallest absolute Gasteiger partial charge is 0.327 e. The maximum atomic E-state index is 11.2. The molecule has 0 spiro atoms. The molecule has 0 aromatic carbocycles. The fourth-order valence-electron chi connectivity index (χ4n) is 1.85. The number of hydrogen-bond donors (Lipinski definition) is 2. The minimum absolute atomic E-state index is 0.193. The predicted molar refractivity (Wildman–Crippen MR) is 55.7 cm³/mol. The second kappa shape index (κ2) is 3.92. The predicted octanol–water partition coefficient (Wildman–Crippen LogP) is 0.132. The van der Waals surface area contributed by atoms with Crippen LogP contribution in [0.1, 0.15) is 11.3 Å². The van der Waals surface area contributed by atoms with E-state index in [2.05, 4.69) is 10.3 Å². The number of carbonyl (C=O) groups excluding carboxylic acids is 1. The van der Waals surface area contributed by atoms with Gasteiger partial charge in [0, 0.05) is 11.9 Å². The molecule has 2 heterocycles. The van der Waals surface area contributed by atoms with E-state index in [4.69, 9.17) is 5.11 Å². The summed E-state index contributed by atoms with van der Waals surface area (Å²) in [5.74, 6) is -1.63. The van der Waals surface area contributed by atoms with Crippen LogP contribution >= 0.6 is 0 Å². The number of hydrogen-bond acceptors (Lipinski definition) is 3. The van der Waals surface area contributed by atoms with Gasteiger partial charge in [0.15, 0.2) is 0 Å².